The molecule has 0 saturated carbocycles. The first kappa shape index (κ1) is 19.4. The molecule has 2 heterocycles. The molecule has 3 rings (SSSR count). The molecule has 1 aliphatic heterocycles. The molecule has 0 aromatic carbocycles. The lowest BCUT2D eigenvalue weighted by molar-refractivity contribution is -0.121. The third kappa shape index (κ3) is 4.12. The van der Waals surface area contributed by atoms with Gasteiger partial charge in [-0.2, -0.15) is 0 Å². The van der Waals surface area contributed by atoms with E-state index < -0.39 is 0 Å². The summed E-state index contributed by atoms with van der Waals surface area (Å²) in [6.07, 6.45) is 6.48. The van der Waals surface area contributed by atoms with Gasteiger partial charge in [0.25, 0.3) is 0 Å². The quantitative estimate of drug-likeness (QED) is 0.791. The molecule has 2 atom stereocenters. The van der Waals surface area contributed by atoms with Gasteiger partial charge in [0, 0.05) is 4.88 Å². The van der Waals surface area contributed by atoms with Crippen LogP contribution >= 0.6 is 11.3 Å². The minimum absolute atomic E-state index is 0.0240. The summed E-state index contributed by atoms with van der Waals surface area (Å²) in [6.45, 7) is 8.30. The van der Waals surface area contributed by atoms with Gasteiger partial charge < -0.3 is 10.1 Å². The number of piperidine rings is 1. The number of esters is 1. The van der Waals surface area contributed by atoms with Gasteiger partial charge in [-0.05, 0) is 70.5 Å². The van der Waals surface area contributed by atoms with Crippen LogP contribution in [-0.4, -0.2) is 42.5 Å². The van der Waals surface area contributed by atoms with Crippen LogP contribution < -0.4 is 5.32 Å². The predicted octanol–water partition coefficient (Wildman–Crippen LogP) is 3.86. The first-order valence-electron chi connectivity index (χ1n) is 9.87. The minimum atomic E-state index is -0.305. The zero-order chi connectivity index (χ0) is 18.7. The maximum atomic E-state index is 12.8. The van der Waals surface area contributed by atoms with Crippen LogP contribution in [0.1, 0.15) is 67.3 Å². The normalized spacial score (nSPS) is 21.7. The Morgan fingerprint density at radius 2 is 2.04 bits per heavy atom. The van der Waals surface area contributed by atoms with E-state index in [2.05, 4.69) is 17.1 Å². The van der Waals surface area contributed by atoms with Crippen LogP contribution in [0.15, 0.2) is 0 Å². The number of hydrogen-bond donors (Lipinski definition) is 1. The number of carbonyl (C=O) groups is 2. The number of likely N-dealkylation sites (tertiary alicyclic amines) is 1. The minimum Gasteiger partial charge on any atom is -0.462 e. The highest BCUT2D eigenvalue weighted by Crippen LogP contribution is 2.40. The lowest BCUT2D eigenvalue weighted by atomic mass is 9.88. The van der Waals surface area contributed by atoms with Crippen LogP contribution in [0, 0.1) is 5.92 Å². The zero-order valence-corrected chi connectivity index (χ0v) is 16.9. The van der Waals surface area contributed by atoms with Crippen molar-refractivity contribution in [2.75, 3.05) is 25.0 Å². The van der Waals surface area contributed by atoms with Gasteiger partial charge in [-0.15, -0.1) is 11.3 Å². The van der Waals surface area contributed by atoms with Gasteiger partial charge in [-0.1, -0.05) is 13.3 Å². The highest BCUT2D eigenvalue weighted by atomic mass is 32.1. The average Bonchev–Trinajstić information content (AvgIpc) is 2.98. The number of hydrogen-bond acceptors (Lipinski definition) is 5. The van der Waals surface area contributed by atoms with E-state index in [0.29, 0.717) is 23.1 Å². The molecule has 2 aliphatic rings. The number of carbonyl (C=O) groups excluding carboxylic acids is 2. The third-order valence-electron chi connectivity index (χ3n) is 5.55. The molecule has 0 unspecified atom stereocenters. The molecule has 0 spiro atoms. The lowest BCUT2D eigenvalue weighted by Gasteiger charge is -2.31. The second-order valence-corrected chi connectivity index (χ2v) is 8.64. The Hall–Kier alpha value is -1.40. The highest BCUT2D eigenvalue weighted by molar-refractivity contribution is 7.17. The van der Waals surface area contributed by atoms with Crippen molar-refractivity contribution in [2.24, 2.45) is 5.92 Å². The fourth-order valence-corrected chi connectivity index (χ4v) is 5.35. The van der Waals surface area contributed by atoms with Crippen molar-refractivity contribution in [2.45, 2.75) is 65.3 Å². The van der Waals surface area contributed by atoms with Gasteiger partial charge in [-0.25, -0.2) is 4.79 Å². The van der Waals surface area contributed by atoms with Gasteiger partial charge in [0.15, 0.2) is 0 Å². The molecular weight excluding hydrogens is 348 g/mol. The topological polar surface area (TPSA) is 58.6 Å². The van der Waals surface area contributed by atoms with Crippen molar-refractivity contribution in [3.8, 4) is 0 Å². The number of ether oxygens (including phenoxy) is 1. The Balaban J connectivity index is 1.81. The molecule has 0 radical (unpaired) electrons. The van der Waals surface area contributed by atoms with Crippen LogP contribution in [0.5, 0.6) is 0 Å². The summed E-state index contributed by atoms with van der Waals surface area (Å²) in [5.74, 6) is 0.289. The number of nitrogens with one attached hydrogen (secondary N) is 1. The van der Waals surface area contributed by atoms with E-state index in [9.17, 15) is 9.59 Å². The molecule has 1 aliphatic carbocycles. The van der Waals surface area contributed by atoms with Crippen molar-refractivity contribution in [1.82, 2.24) is 4.90 Å². The van der Waals surface area contributed by atoms with E-state index >= 15 is 0 Å². The van der Waals surface area contributed by atoms with Crippen LogP contribution in [0.4, 0.5) is 5.00 Å². The lowest BCUT2D eigenvalue weighted by Crippen LogP contribution is -2.44. The van der Waals surface area contributed by atoms with Crippen molar-refractivity contribution < 1.29 is 14.3 Å². The molecule has 6 heteroatoms. The summed E-state index contributed by atoms with van der Waals surface area (Å²) in [6, 6.07) is -0.177. The summed E-state index contributed by atoms with van der Waals surface area (Å²) in [7, 11) is 0. The molecule has 1 fully saturated rings. The van der Waals surface area contributed by atoms with Crippen LogP contribution in [-0.2, 0) is 22.4 Å². The van der Waals surface area contributed by atoms with Crippen molar-refractivity contribution in [3.05, 3.63) is 16.0 Å². The van der Waals surface area contributed by atoms with Crippen molar-refractivity contribution >= 4 is 28.2 Å². The van der Waals surface area contributed by atoms with E-state index in [1.165, 1.54) is 11.3 Å². The molecule has 1 amide bonds. The maximum absolute atomic E-state index is 12.8. The number of amides is 1. The number of fused-ring (bicyclic) bond motifs is 1. The Bertz CT molecular complexity index is 664. The molecule has 1 aromatic heterocycles. The summed E-state index contributed by atoms with van der Waals surface area (Å²) in [5.41, 5.74) is 1.69. The van der Waals surface area contributed by atoms with E-state index in [1.54, 1.807) is 11.3 Å². The van der Waals surface area contributed by atoms with E-state index in [-0.39, 0.29) is 17.9 Å². The van der Waals surface area contributed by atoms with E-state index in [0.717, 1.165) is 50.8 Å². The highest BCUT2D eigenvalue weighted by Gasteiger charge is 2.30. The van der Waals surface area contributed by atoms with Gasteiger partial charge in [0.2, 0.25) is 5.91 Å². The summed E-state index contributed by atoms with van der Waals surface area (Å²) >= 11 is 1.56. The second kappa shape index (κ2) is 8.53. The molecular formula is C20H30N2O3S. The zero-order valence-electron chi connectivity index (χ0n) is 16.1. The Morgan fingerprint density at radius 1 is 1.31 bits per heavy atom. The predicted molar refractivity (Wildman–Crippen MR) is 105 cm³/mol. The SMILES string of the molecule is CCOC(=O)c1c(NC(=O)[C@@H](C)N2CCCCC2)sc2c1CC[C@@H](C)C2. The Kier molecular flexibility index (Phi) is 6.35. The van der Waals surface area contributed by atoms with Gasteiger partial charge in [-0.3, -0.25) is 9.69 Å². The summed E-state index contributed by atoms with van der Waals surface area (Å²) in [5, 5.41) is 3.73. The van der Waals surface area contributed by atoms with Crippen LogP contribution in [0.2, 0.25) is 0 Å². The Labute approximate surface area is 160 Å². The molecule has 0 bridgehead atoms. The fourth-order valence-electron chi connectivity index (χ4n) is 3.95. The fraction of sp³-hybridized carbons (Fsp3) is 0.700. The maximum Gasteiger partial charge on any atom is 0.341 e. The largest absolute Gasteiger partial charge is 0.462 e. The number of rotatable bonds is 5. The molecule has 144 valence electrons. The smallest absolute Gasteiger partial charge is 0.341 e. The van der Waals surface area contributed by atoms with Crippen molar-refractivity contribution in [3.63, 3.8) is 0 Å². The number of nitrogens with zero attached hydrogens (tertiary/aromatic N) is 1. The summed E-state index contributed by atoms with van der Waals surface area (Å²) in [4.78, 5) is 28.8. The molecule has 1 N–H and O–H groups in total. The van der Waals surface area contributed by atoms with Crippen molar-refractivity contribution in [1.29, 1.82) is 0 Å². The van der Waals surface area contributed by atoms with Crippen LogP contribution in [0.25, 0.3) is 0 Å². The molecule has 5 nitrogen and oxygen atoms in total. The molecule has 1 aromatic rings. The summed E-state index contributed by atoms with van der Waals surface area (Å²) < 4.78 is 5.28. The standard InChI is InChI=1S/C20H30N2O3S/c1-4-25-20(24)17-15-9-8-13(2)12-16(15)26-19(17)21-18(23)14(3)22-10-6-5-7-11-22/h13-14H,4-12H2,1-3H3,(H,21,23)/t13-,14-/m1/s1. The van der Waals surface area contributed by atoms with Gasteiger partial charge in [0.05, 0.1) is 18.2 Å². The Morgan fingerprint density at radius 3 is 2.73 bits per heavy atom. The number of thiophene rings is 1. The first-order valence-corrected chi connectivity index (χ1v) is 10.7. The van der Waals surface area contributed by atoms with Gasteiger partial charge in [0.1, 0.15) is 5.00 Å². The van der Waals surface area contributed by atoms with E-state index in [1.807, 2.05) is 13.8 Å². The van der Waals surface area contributed by atoms with Gasteiger partial charge >= 0.3 is 5.97 Å². The average molecular weight is 379 g/mol. The molecule has 26 heavy (non-hydrogen) atoms. The molecule has 1 saturated heterocycles. The second-order valence-electron chi connectivity index (χ2n) is 7.54. The van der Waals surface area contributed by atoms with E-state index in [4.69, 9.17) is 4.74 Å². The van der Waals surface area contributed by atoms with Crippen LogP contribution in [0.3, 0.4) is 0 Å². The first-order chi connectivity index (χ1) is 12.5. The third-order valence-corrected chi connectivity index (χ3v) is 6.72. The number of anilines is 1. The monoisotopic (exact) mass is 378 g/mol.